The van der Waals surface area contributed by atoms with Crippen molar-refractivity contribution >= 4 is 17.4 Å². The van der Waals surface area contributed by atoms with Gasteiger partial charge in [-0.2, -0.15) is 0 Å². The Morgan fingerprint density at radius 2 is 1.50 bits per heavy atom. The van der Waals surface area contributed by atoms with E-state index in [1.807, 2.05) is 19.1 Å². The summed E-state index contributed by atoms with van der Waals surface area (Å²) in [6.07, 6.45) is 33.3. The molecule has 1 amide bonds. The largest absolute Gasteiger partial charge is 0.478 e. The second kappa shape index (κ2) is 16.0. The summed E-state index contributed by atoms with van der Waals surface area (Å²) in [6.45, 7) is 23.4. The van der Waals surface area contributed by atoms with Gasteiger partial charge in [-0.25, -0.2) is 4.79 Å². The summed E-state index contributed by atoms with van der Waals surface area (Å²) in [5.74, 6) is 2.60. The maximum absolute atomic E-state index is 13.9. The third kappa shape index (κ3) is 6.74. The molecule has 4 heteroatoms. The Bertz CT molecular complexity index is 1420. The number of fused-ring (bicyclic) bond motifs is 7. The molecule has 1 aromatic carbocycles. The van der Waals surface area contributed by atoms with Crippen molar-refractivity contribution in [3.05, 3.63) is 54.1 Å². The van der Waals surface area contributed by atoms with Crippen LogP contribution in [0.5, 0.6) is 0 Å². The van der Waals surface area contributed by atoms with Crippen LogP contribution < -0.4 is 5.32 Å². The first-order valence-corrected chi connectivity index (χ1v) is 19.2. The third-order valence-electron chi connectivity index (χ3n) is 14.8. The van der Waals surface area contributed by atoms with Gasteiger partial charge in [0.25, 0.3) is 0 Å². The van der Waals surface area contributed by atoms with Gasteiger partial charge in [-0.1, -0.05) is 79.2 Å². The lowest BCUT2D eigenvalue weighted by molar-refractivity contribution is -0.222. The van der Waals surface area contributed by atoms with Crippen LogP contribution in [0.15, 0.2) is 43.0 Å². The first-order chi connectivity index (χ1) is 23.6. The van der Waals surface area contributed by atoms with Crippen molar-refractivity contribution in [3.8, 4) is 25.7 Å². The molecule has 50 heavy (non-hydrogen) atoms. The summed E-state index contributed by atoms with van der Waals surface area (Å²) in [7, 11) is 0. The van der Waals surface area contributed by atoms with E-state index in [1.54, 1.807) is 18.2 Å². The normalized spacial score (nSPS) is 35.9. The summed E-state index contributed by atoms with van der Waals surface area (Å²) in [4.78, 5) is 25.4. The van der Waals surface area contributed by atoms with Crippen LogP contribution in [-0.2, 0) is 4.79 Å². The standard InChI is InChI=1S/C39H57NO3.C3H6.2C2H2/c1-25(2)18-24-40-34(43)39-19-8-9-30(39)29-14-15-32-36(5)20-16-28(26-10-12-27(13-11-26)33(41)42)35(3,4)31(36)17-21-38(32,7)37(29,6)22-23-39;1-3-2;2*1-2/h10-13,16,25,29-32H,8-9,14-15,17-24H2,1-7H3,(H,40,43)(H,41,42);3H,1H2,2H3;2*1-2H/t29-,30?,31?,32?,36+,37-,38-,39+;;;/m1.../s1. The van der Waals surface area contributed by atoms with Crippen LogP contribution in [0.3, 0.4) is 0 Å². The highest BCUT2D eigenvalue weighted by atomic mass is 16.4. The third-order valence-corrected chi connectivity index (χ3v) is 14.8. The summed E-state index contributed by atoms with van der Waals surface area (Å²) in [5, 5.41) is 12.8. The molecule has 5 aliphatic rings. The van der Waals surface area contributed by atoms with Crippen LogP contribution in [0.2, 0.25) is 0 Å². The number of amides is 1. The average molecular weight is 682 g/mol. The lowest BCUT2D eigenvalue weighted by atomic mass is 9.32. The number of carboxylic acid groups (broad SMARTS) is 1. The second-order valence-electron chi connectivity index (χ2n) is 17.6. The highest BCUT2D eigenvalue weighted by Gasteiger charge is 2.70. The van der Waals surface area contributed by atoms with Gasteiger partial charge in [-0.3, -0.25) is 4.79 Å². The predicted molar refractivity (Wildman–Crippen MR) is 210 cm³/mol. The van der Waals surface area contributed by atoms with E-state index in [9.17, 15) is 14.7 Å². The van der Waals surface area contributed by atoms with Crippen LogP contribution >= 0.6 is 0 Å². The minimum Gasteiger partial charge on any atom is -0.478 e. The van der Waals surface area contributed by atoms with E-state index in [1.165, 1.54) is 56.1 Å². The highest BCUT2D eigenvalue weighted by molar-refractivity contribution is 5.88. The summed E-state index contributed by atoms with van der Waals surface area (Å²) in [6, 6.07) is 7.57. The molecule has 0 aliphatic heterocycles. The Hall–Kier alpha value is -3.24. The fourth-order valence-corrected chi connectivity index (χ4v) is 12.5. The smallest absolute Gasteiger partial charge is 0.335 e. The zero-order valence-corrected chi connectivity index (χ0v) is 32.6. The van der Waals surface area contributed by atoms with E-state index >= 15 is 0 Å². The van der Waals surface area contributed by atoms with Crippen LogP contribution in [0, 0.1) is 82.4 Å². The Kier molecular flexibility index (Phi) is 13.2. The van der Waals surface area contributed by atoms with Crippen molar-refractivity contribution in [3.63, 3.8) is 0 Å². The molecule has 1 aromatic rings. The molecule has 0 bridgehead atoms. The molecule has 0 aromatic heterocycles. The van der Waals surface area contributed by atoms with Gasteiger partial charge in [0.2, 0.25) is 5.91 Å². The maximum Gasteiger partial charge on any atom is 0.335 e. The number of carboxylic acids is 1. The zero-order chi connectivity index (χ0) is 37.7. The number of hydrogen-bond acceptors (Lipinski definition) is 2. The molecule has 4 nitrogen and oxygen atoms in total. The Morgan fingerprint density at radius 3 is 2.08 bits per heavy atom. The Balaban J connectivity index is 0.000000902. The first kappa shape index (κ1) is 41.2. The number of nitrogens with one attached hydrogen (secondary N) is 1. The number of allylic oxidation sites excluding steroid dienone is 3. The van der Waals surface area contributed by atoms with Crippen molar-refractivity contribution in [2.75, 3.05) is 6.54 Å². The molecule has 0 heterocycles. The number of aromatic carboxylic acids is 1. The van der Waals surface area contributed by atoms with Gasteiger partial charge in [-0.15, -0.1) is 32.3 Å². The summed E-state index contributed by atoms with van der Waals surface area (Å²) >= 11 is 0. The molecular formula is C46H67NO3. The molecule has 4 fully saturated rings. The van der Waals surface area contributed by atoms with E-state index in [0.717, 1.165) is 32.2 Å². The highest BCUT2D eigenvalue weighted by Crippen LogP contribution is 2.77. The molecular weight excluding hydrogens is 615 g/mol. The minimum absolute atomic E-state index is 0.0259. The van der Waals surface area contributed by atoms with Crippen molar-refractivity contribution in [2.24, 2.45) is 56.7 Å². The number of carbonyl (C=O) groups is 2. The summed E-state index contributed by atoms with van der Waals surface area (Å²) < 4.78 is 0. The van der Waals surface area contributed by atoms with E-state index < -0.39 is 5.97 Å². The van der Waals surface area contributed by atoms with Crippen LogP contribution in [-0.4, -0.2) is 23.5 Å². The van der Waals surface area contributed by atoms with Crippen molar-refractivity contribution < 1.29 is 14.7 Å². The number of hydrogen-bond donors (Lipinski definition) is 2. The molecule has 4 saturated carbocycles. The topological polar surface area (TPSA) is 66.4 Å². The number of rotatable bonds is 6. The van der Waals surface area contributed by atoms with Gasteiger partial charge >= 0.3 is 5.97 Å². The van der Waals surface area contributed by atoms with E-state index in [2.05, 4.69) is 92.1 Å². The number of terminal acetylenes is 2. The van der Waals surface area contributed by atoms with Crippen LogP contribution in [0.1, 0.15) is 142 Å². The molecule has 8 atom stereocenters. The zero-order valence-electron chi connectivity index (χ0n) is 32.6. The number of benzene rings is 1. The first-order valence-electron chi connectivity index (χ1n) is 19.2. The lowest BCUT2D eigenvalue weighted by Gasteiger charge is -2.72. The lowest BCUT2D eigenvalue weighted by Crippen LogP contribution is -2.65. The predicted octanol–water partition coefficient (Wildman–Crippen LogP) is 11.1. The molecule has 2 N–H and O–H groups in total. The fraction of sp³-hybridized carbons (Fsp3) is 0.652. The van der Waals surface area contributed by atoms with Gasteiger partial charge in [0.05, 0.1) is 11.0 Å². The van der Waals surface area contributed by atoms with Gasteiger partial charge in [0, 0.05) is 6.54 Å². The monoisotopic (exact) mass is 682 g/mol. The molecule has 0 saturated heterocycles. The molecule has 274 valence electrons. The Labute approximate surface area is 305 Å². The van der Waals surface area contributed by atoms with Crippen molar-refractivity contribution in [1.82, 2.24) is 5.32 Å². The Morgan fingerprint density at radius 1 is 0.880 bits per heavy atom. The molecule has 0 radical (unpaired) electrons. The summed E-state index contributed by atoms with van der Waals surface area (Å²) in [5.41, 5.74) is 3.63. The number of carbonyl (C=O) groups excluding carboxylic acids is 1. The van der Waals surface area contributed by atoms with Gasteiger partial charge in [0.15, 0.2) is 0 Å². The van der Waals surface area contributed by atoms with Gasteiger partial charge in [-0.05, 0) is 146 Å². The fourth-order valence-electron chi connectivity index (χ4n) is 12.5. The molecule has 6 rings (SSSR count). The van der Waals surface area contributed by atoms with Gasteiger partial charge < -0.3 is 10.4 Å². The molecule has 5 aliphatic carbocycles. The van der Waals surface area contributed by atoms with Crippen molar-refractivity contribution in [2.45, 2.75) is 126 Å². The second-order valence-corrected chi connectivity index (χ2v) is 17.6. The average Bonchev–Trinajstić information content (AvgIpc) is 3.53. The molecule has 3 unspecified atom stereocenters. The maximum atomic E-state index is 13.9. The van der Waals surface area contributed by atoms with Crippen LogP contribution in [0.25, 0.3) is 5.57 Å². The SMILES string of the molecule is C#C.C#C.C=CC.CC(C)CCNC(=O)[C@]12CCCC1[C@H]1CCC3[C@@]4(C)CC=C(c5ccc(C(=O)O)cc5)C(C)(C)C4CC[C@@]3(C)[C@]1(C)CC2. The van der Waals surface area contributed by atoms with E-state index in [0.29, 0.717) is 41.1 Å². The van der Waals surface area contributed by atoms with Gasteiger partial charge in [0.1, 0.15) is 0 Å². The van der Waals surface area contributed by atoms with Crippen LogP contribution in [0.4, 0.5) is 0 Å². The quantitative estimate of drug-likeness (QED) is 0.232. The minimum atomic E-state index is -0.865. The van der Waals surface area contributed by atoms with Crippen molar-refractivity contribution in [1.29, 1.82) is 0 Å². The van der Waals surface area contributed by atoms with E-state index in [-0.39, 0.29) is 27.1 Å². The molecule has 0 spiro atoms. The van der Waals surface area contributed by atoms with E-state index in [4.69, 9.17) is 0 Å².